The first-order valence-electron chi connectivity index (χ1n) is 8.95. The van der Waals surface area contributed by atoms with E-state index in [1.807, 2.05) is 60.1 Å². The number of benzene rings is 2. The van der Waals surface area contributed by atoms with E-state index in [2.05, 4.69) is 0 Å². The van der Waals surface area contributed by atoms with Crippen LogP contribution in [0.1, 0.15) is 17.2 Å². The maximum absolute atomic E-state index is 13.5. The molecule has 1 saturated heterocycles. The van der Waals surface area contributed by atoms with Gasteiger partial charge in [-0.2, -0.15) is 11.3 Å². The molecule has 1 aliphatic heterocycles. The molecular formula is C22H20N2O3S. The van der Waals surface area contributed by atoms with Crippen molar-refractivity contribution in [2.45, 2.75) is 13.0 Å². The van der Waals surface area contributed by atoms with Crippen molar-refractivity contribution in [3.63, 3.8) is 0 Å². The van der Waals surface area contributed by atoms with Crippen molar-refractivity contribution >= 4 is 34.5 Å². The Bertz CT molecular complexity index is 999. The van der Waals surface area contributed by atoms with E-state index in [1.54, 1.807) is 29.0 Å². The minimum Gasteiger partial charge on any atom is -0.497 e. The summed E-state index contributed by atoms with van der Waals surface area (Å²) in [6.45, 7) is 1.96. The number of ether oxygens (including phenoxy) is 1. The number of carbonyl (C=O) groups excluding carboxylic acids is 2. The topological polar surface area (TPSA) is 49.9 Å². The average molecular weight is 392 g/mol. The van der Waals surface area contributed by atoms with Crippen LogP contribution in [0.25, 0.3) is 0 Å². The third-order valence-electron chi connectivity index (χ3n) is 4.94. The first kappa shape index (κ1) is 18.3. The van der Waals surface area contributed by atoms with Gasteiger partial charge in [0.05, 0.1) is 7.11 Å². The molecule has 2 heterocycles. The minimum absolute atomic E-state index is 0.0103. The quantitative estimate of drug-likeness (QED) is 0.669. The summed E-state index contributed by atoms with van der Waals surface area (Å²) in [7, 11) is 1.60. The first-order valence-corrected chi connectivity index (χ1v) is 9.89. The van der Waals surface area contributed by atoms with E-state index in [9.17, 15) is 9.59 Å². The zero-order valence-corrected chi connectivity index (χ0v) is 16.5. The monoisotopic (exact) mass is 392 g/mol. The van der Waals surface area contributed by atoms with Crippen LogP contribution in [0.5, 0.6) is 5.75 Å². The molecule has 1 aliphatic rings. The molecule has 0 saturated carbocycles. The molecule has 0 radical (unpaired) electrons. The Morgan fingerprint density at radius 2 is 1.79 bits per heavy atom. The number of piperazine rings is 1. The molecule has 0 spiro atoms. The Morgan fingerprint density at radius 3 is 2.43 bits per heavy atom. The molecule has 6 heteroatoms. The van der Waals surface area contributed by atoms with E-state index in [4.69, 9.17) is 4.74 Å². The highest BCUT2D eigenvalue weighted by Gasteiger charge is 2.42. The summed E-state index contributed by atoms with van der Waals surface area (Å²) in [6, 6.07) is 16.1. The lowest BCUT2D eigenvalue weighted by molar-refractivity contribution is -0.128. The Balaban J connectivity index is 1.78. The van der Waals surface area contributed by atoms with Crippen molar-refractivity contribution in [1.82, 2.24) is 0 Å². The maximum Gasteiger partial charge on any atom is 0.255 e. The highest BCUT2D eigenvalue weighted by Crippen LogP contribution is 2.36. The van der Waals surface area contributed by atoms with Gasteiger partial charge in [0.1, 0.15) is 18.3 Å². The van der Waals surface area contributed by atoms with Gasteiger partial charge in [0, 0.05) is 11.4 Å². The van der Waals surface area contributed by atoms with E-state index in [1.165, 1.54) is 11.3 Å². The number of methoxy groups -OCH3 is 1. The van der Waals surface area contributed by atoms with Crippen LogP contribution in [-0.4, -0.2) is 25.5 Å². The summed E-state index contributed by atoms with van der Waals surface area (Å²) in [5.41, 5.74) is 3.23. The second kappa shape index (κ2) is 7.48. The van der Waals surface area contributed by atoms with Gasteiger partial charge in [-0.1, -0.05) is 18.2 Å². The summed E-state index contributed by atoms with van der Waals surface area (Å²) >= 11 is 1.51. The lowest BCUT2D eigenvalue weighted by Gasteiger charge is -2.40. The second-order valence-corrected chi connectivity index (χ2v) is 7.41. The lowest BCUT2D eigenvalue weighted by atomic mass is 10.0. The van der Waals surface area contributed by atoms with Crippen LogP contribution in [0, 0.1) is 6.92 Å². The normalized spacial score (nSPS) is 17.1. The molecule has 28 heavy (non-hydrogen) atoms. The molecule has 0 bridgehead atoms. The fourth-order valence-electron chi connectivity index (χ4n) is 3.52. The highest BCUT2D eigenvalue weighted by atomic mass is 32.1. The number of aryl methyl sites for hydroxylation is 1. The number of amides is 2. The van der Waals surface area contributed by atoms with E-state index in [0.717, 1.165) is 16.8 Å². The largest absolute Gasteiger partial charge is 0.497 e. The van der Waals surface area contributed by atoms with Crippen molar-refractivity contribution in [3.8, 4) is 5.75 Å². The zero-order valence-electron chi connectivity index (χ0n) is 15.7. The smallest absolute Gasteiger partial charge is 0.255 e. The number of hydrogen-bond acceptors (Lipinski definition) is 4. The van der Waals surface area contributed by atoms with Crippen LogP contribution in [0.3, 0.4) is 0 Å². The second-order valence-electron chi connectivity index (χ2n) is 6.63. The van der Waals surface area contributed by atoms with Gasteiger partial charge < -0.3 is 9.64 Å². The zero-order chi connectivity index (χ0) is 19.7. The number of para-hydroxylation sites is 1. The first-order chi connectivity index (χ1) is 13.6. The minimum atomic E-state index is -0.694. The Kier molecular flexibility index (Phi) is 4.88. The molecule has 3 aromatic rings. The molecular weight excluding hydrogens is 372 g/mol. The van der Waals surface area contributed by atoms with E-state index in [0.29, 0.717) is 11.4 Å². The van der Waals surface area contributed by atoms with Gasteiger partial charge in [-0.25, -0.2) is 0 Å². The molecule has 5 nitrogen and oxygen atoms in total. The van der Waals surface area contributed by atoms with E-state index in [-0.39, 0.29) is 18.4 Å². The van der Waals surface area contributed by atoms with E-state index >= 15 is 0 Å². The molecule has 0 N–H and O–H groups in total. The van der Waals surface area contributed by atoms with Gasteiger partial charge in [-0.3, -0.25) is 14.5 Å². The molecule has 1 aromatic heterocycles. The average Bonchev–Trinajstić information content (AvgIpc) is 3.24. The third kappa shape index (κ3) is 3.16. The Labute approximate surface area is 167 Å². The van der Waals surface area contributed by atoms with Crippen molar-refractivity contribution in [2.24, 2.45) is 0 Å². The van der Waals surface area contributed by atoms with Gasteiger partial charge in [-0.05, 0) is 65.2 Å². The van der Waals surface area contributed by atoms with Gasteiger partial charge in [0.15, 0.2) is 0 Å². The molecule has 1 atom stereocenters. The molecule has 2 amide bonds. The van der Waals surface area contributed by atoms with Gasteiger partial charge >= 0.3 is 0 Å². The van der Waals surface area contributed by atoms with Gasteiger partial charge in [0.2, 0.25) is 5.91 Å². The van der Waals surface area contributed by atoms with Crippen molar-refractivity contribution in [1.29, 1.82) is 0 Å². The van der Waals surface area contributed by atoms with Crippen molar-refractivity contribution in [2.75, 3.05) is 23.5 Å². The summed E-state index contributed by atoms with van der Waals surface area (Å²) in [4.78, 5) is 29.9. The number of anilines is 2. The molecule has 1 fully saturated rings. The number of hydrogen-bond donors (Lipinski definition) is 0. The standard InChI is InChI=1S/C22H20N2O3S/c1-15-5-3-4-6-19(15)23-13-20(25)24(17-7-9-18(27-2)10-8-17)21(22(23)26)16-11-12-28-14-16/h3-12,14,21H,13H2,1-2H3. The predicted molar refractivity (Wildman–Crippen MR) is 111 cm³/mol. The van der Waals surface area contributed by atoms with Crippen molar-refractivity contribution in [3.05, 3.63) is 76.5 Å². The number of rotatable bonds is 4. The SMILES string of the molecule is COc1ccc(N2C(=O)CN(c3ccccc3C)C(=O)C2c2ccsc2)cc1. The third-order valence-corrected chi connectivity index (χ3v) is 5.64. The summed E-state index contributed by atoms with van der Waals surface area (Å²) < 4.78 is 5.21. The Hall–Kier alpha value is -3.12. The molecule has 142 valence electrons. The molecule has 1 unspecified atom stereocenters. The van der Waals surface area contributed by atoms with Crippen molar-refractivity contribution < 1.29 is 14.3 Å². The van der Waals surface area contributed by atoms with Crippen LogP contribution in [0.15, 0.2) is 65.4 Å². The number of nitrogens with zero attached hydrogens (tertiary/aromatic N) is 2. The molecule has 0 aliphatic carbocycles. The summed E-state index contributed by atoms with van der Waals surface area (Å²) in [5, 5.41) is 3.85. The van der Waals surface area contributed by atoms with Crippen LogP contribution in [-0.2, 0) is 9.59 Å². The highest BCUT2D eigenvalue weighted by molar-refractivity contribution is 7.08. The van der Waals surface area contributed by atoms with Crippen LogP contribution >= 0.6 is 11.3 Å². The lowest BCUT2D eigenvalue weighted by Crippen LogP contribution is -2.56. The predicted octanol–water partition coefficient (Wildman–Crippen LogP) is 4.19. The van der Waals surface area contributed by atoms with E-state index < -0.39 is 6.04 Å². The summed E-state index contributed by atoms with van der Waals surface area (Å²) in [5.74, 6) is 0.473. The fourth-order valence-corrected chi connectivity index (χ4v) is 4.20. The Morgan fingerprint density at radius 1 is 1.04 bits per heavy atom. The summed E-state index contributed by atoms with van der Waals surface area (Å²) in [6.07, 6.45) is 0. The van der Waals surface area contributed by atoms with Crippen LogP contribution < -0.4 is 14.5 Å². The maximum atomic E-state index is 13.5. The van der Waals surface area contributed by atoms with Gasteiger partial charge in [-0.15, -0.1) is 0 Å². The van der Waals surface area contributed by atoms with Crippen LogP contribution in [0.2, 0.25) is 0 Å². The molecule has 2 aromatic carbocycles. The molecule has 4 rings (SSSR count). The van der Waals surface area contributed by atoms with Crippen LogP contribution in [0.4, 0.5) is 11.4 Å². The fraction of sp³-hybridized carbons (Fsp3) is 0.182. The number of carbonyl (C=O) groups is 2. The number of thiophene rings is 1. The van der Waals surface area contributed by atoms with Gasteiger partial charge in [0.25, 0.3) is 5.91 Å².